The van der Waals surface area contributed by atoms with Gasteiger partial charge in [-0.25, -0.2) is 0 Å². The van der Waals surface area contributed by atoms with E-state index in [1.165, 1.54) is 12.1 Å². The number of benzene rings is 2. The van der Waals surface area contributed by atoms with Gasteiger partial charge >= 0.3 is 16.3 Å². The molecule has 8 heteroatoms. The van der Waals surface area contributed by atoms with Crippen LogP contribution in [0.25, 0.3) is 0 Å². The quantitative estimate of drug-likeness (QED) is 0.433. The first kappa shape index (κ1) is 22.9. The zero-order chi connectivity index (χ0) is 22.0. The molecule has 0 bridgehead atoms. The summed E-state index contributed by atoms with van der Waals surface area (Å²) < 4.78 is 70.1. The van der Waals surface area contributed by atoms with Crippen molar-refractivity contribution in [2.45, 2.75) is 58.0 Å². The zero-order valence-electron chi connectivity index (χ0n) is 17.0. The molecule has 158 valence electrons. The van der Waals surface area contributed by atoms with Gasteiger partial charge in [-0.1, -0.05) is 61.0 Å². The highest BCUT2D eigenvalue weighted by molar-refractivity contribution is 7.86. The molecule has 2 aromatic rings. The highest BCUT2D eigenvalue weighted by Gasteiger charge is 2.38. The summed E-state index contributed by atoms with van der Waals surface area (Å²) in [6.45, 7) is 8.85. The second kappa shape index (κ2) is 8.57. The molecule has 1 unspecified atom stereocenters. The molecule has 2 rings (SSSR count). The fraction of sp³-hybridized carbons (Fsp3) is 0.381. The summed E-state index contributed by atoms with van der Waals surface area (Å²) in [5.74, 6) is 0.194. The summed E-state index contributed by atoms with van der Waals surface area (Å²) in [5.41, 5.74) is 0.807. The van der Waals surface area contributed by atoms with Crippen molar-refractivity contribution >= 4 is 15.8 Å². The van der Waals surface area contributed by atoms with Crippen molar-refractivity contribution < 1.29 is 25.9 Å². The number of halogens is 3. The van der Waals surface area contributed by atoms with Crippen LogP contribution < -0.4 is 0 Å². The molecule has 0 radical (unpaired) electrons. The Morgan fingerprint density at radius 1 is 1.07 bits per heavy atom. The fourth-order valence-corrected chi connectivity index (χ4v) is 4.31. The molecule has 0 aliphatic heterocycles. The first-order valence-corrected chi connectivity index (χ1v) is 10.5. The summed E-state index contributed by atoms with van der Waals surface area (Å²) in [4.78, 5) is -0.180. The molecular formula is C21H24F3NO3S. The number of hydrogen-bond acceptors (Lipinski definition) is 4. The number of rotatable bonds is 6. The van der Waals surface area contributed by atoms with Crippen molar-refractivity contribution in [2.75, 3.05) is 0 Å². The highest BCUT2D eigenvalue weighted by atomic mass is 32.2. The van der Waals surface area contributed by atoms with Crippen LogP contribution >= 0.6 is 0 Å². The van der Waals surface area contributed by atoms with E-state index in [1.54, 1.807) is 45.0 Å². The van der Waals surface area contributed by atoms with Crippen LogP contribution in [0.2, 0.25) is 0 Å². The van der Waals surface area contributed by atoms with E-state index in [4.69, 9.17) is 0 Å². The van der Waals surface area contributed by atoms with Gasteiger partial charge in [-0.15, -0.1) is 0 Å². The maximum atomic E-state index is 13.5. The third-order valence-corrected chi connectivity index (χ3v) is 6.13. The minimum atomic E-state index is -4.88. The molecule has 0 fully saturated rings. The second-order valence-corrected chi connectivity index (χ2v) is 8.59. The Labute approximate surface area is 169 Å². The SMILES string of the molecule is CCC(C)c1ccc(/C(=N\OS(=O)(=O)c2c(C)cc(C)cc2C)C(F)(F)F)cc1. The number of hydrogen-bond donors (Lipinski definition) is 0. The first-order chi connectivity index (χ1) is 13.4. The van der Waals surface area contributed by atoms with Gasteiger partial charge in [0.05, 0.1) is 0 Å². The van der Waals surface area contributed by atoms with Gasteiger partial charge in [0, 0.05) is 5.56 Å². The lowest BCUT2D eigenvalue weighted by atomic mass is 9.97. The molecule has 29 heavy (non-hydrogen) atoms. The van der Waals surface area contributed by atoms with Gasteiger partial charge in [-0.2, -0.15) is 21.6 Å². The van der Waals surface area contributed by atoms with Crippen molar-refractivity contribution in [1.82, 2.24) is 0 Å². The molecule has 0 amide bonds. The van der Waals surface area contributed by atoms with E-state index in [0.717, 1.165) is 17.5 Å². The molecular weight excluding hydrogens is 403 g/mol. The smallest absolute Gasteiger partial charge is 0.264 e. The number of alkyl halides is 3. The van der Waals surface area contributed by atoms with E-state index < -0.39 is 22.0 Å². The Morgan fingerprint density at radius 2 is 1.59 bits per heavy atom. The van der Waals surface area contributed by atoms with Crippen LogP contribution in [-0.4, -0.2) is 20.3 Å². The average Bonchev–Trinajstić information content (AvgIpc) is 2.59. The molecule has 0 spiro atoms. The second-order valence-electron chi connectivity index (χ2n) is 7.13. The minimum Gasteiger partial charge on any atom is -0.264 e. The molecule has 0 saturated heterocycles. The Kier molecular flexibility index (Phi) is 6.78. The Bertz CT molecular complexity index is 987. The van der Waals surface area contributed by atoms with Gasteiger partial charge in [0.15, 0.2) is 5.71 Å². The Balaban J connectivity index is 2.44. The Hall–Kier alpha value is -2.35. The predicted molar refractivity (Wildman–Crippen MR) is 107 cm³/mol. The van der Waals surface area contributed by atoms with E-state index in [0.29, 0.717) is 11.1 Å². The third-order valence-electron chi connectivity index (χ3n) is 4.72. The molecule has 0 N–H and O–H groups in total. The summed E-state index contributed by atoms with van der Waals surface area (Å²) in [6, 6.07) is 8.93. The van der Waals surface area contributed by atoms with Crippen LogP contribution in [0.15, 0.2) is 46.4 Å². The van der Waals surface area contributed by atoms with Gasteiger partial charge in [-0.3, -0.25) is 4.28 Å². The summed E-state index contributed by atoms with van der Waals surface area (Å²) in [7, 11) is -4.51. The van der Waals surface area contributed by atoms with Gasteiger partial charge in [-0.05, 0) is 49.8 Å². The van der Waals surface area contributed by atoms with Gasteiger partial charge in [0.1, 0.15) is 4.90 Å². The van der Waals surface area contributed by atoms with E-state index >= 15 is 0 Å². The summed E-state index contributed by atoms with van der Waals surface area (Å²) >= 11 is 0. The van der Waals surface area contributed by atoms with Crippen molar-refractivity contribution in [2.24, 2.45) is 5.16 Å². The van der Waals surface area contributed by atoms with Crippen LogP contribution in [0.1, 0.15) is 54.0 Å². The largest absolute Gasteiger partial charge is 0.437 e. The fourth-order valence-electron chi connectivity index (χ4n) is 3.16. The first-order valence-electron chi connectivity index (χ1n) is 9.13. The predicted octanol–water partition coefficient (Wildman–Crippen LogP) is 5.80. The molecule has 4 nitrogen and oxygen atoms in total. The van der Waals surface area contributed by atoms with Gasteiger partial charge < -0.3 is 0 Å². The lowest BCUT2D eigenvalue weighted by molar-refractivity contribution is -0.0597. The monoisotopic (exact) mass is 427 g/mol. The summed E-state index contributed by atoms with van der Waals surface area (Å²) in [6.07, 6.45) is -4.04. The van der Waals surface area contributed by atoms with Crippen molar-refractivity contribution in [3.05, 3.63) is 64.2 Å². The molecule has 0 saturated carbocycles. The minimum absolute atomic E-state index is 0.180. The van der Waals surface area contributed by atoms with Gasteiger partial charge in [0.25, 0.3) is 0 Å². The van der Waals surface area contributed by atoms with Crippen LogP contribution in [0.4, 0.5) is 13.2 Å². The topological polar surface area (TPSA) is 55.7 Å². The number of nitrogens with zero attached hydrogens (tertiary/aromatic N) is 1. The van der Waals surface area contributed by atoms with Crippen molar-refractivity contribution in [1.29, 1.82) is 0 Å². The lowest BCUT2D eigenvalue weighted by Crippen LogP contribution is -2.25. The van der Waals surface area contributed by atoms with Crippen LogP contribution in [-0.2, 0) is 14.4 Å². The highest BCUT2D eigenvalue weighted by Crippen LogP contribution is 2.28. The van der Waals surface area contributed by atoms with E-state index in [9.17, 15) is 21.6 Å². The molecule has 0 aliphatic carbocycles. The van der Waals surface area contributed by atoms with E-state index in [2.05, 4.69) is 9.44 Å². The van der Waals surface area contributed by atoms with Crippen molar-refractivity contribution in [3.8, 4) is 0 Å². The van der Waals surface area contributed by atoms with Gasteiger partial charge in [0.2, 0.25) is 0 Å². The number of oxime groups is 1. The molecule has 1 atom stereocenters. The van der Waals surface area contributed by atoms with Crippen LogP contribution in [0.5, 0.6) is 0 Å². The van der Waals surface area contributed by atoms with Crippen LogP contribution in [0.3, 0.4) is 0 Å². The van der Waals surface area contributed by atoms with E-state index in [1.807, 2.05) is 13.8 Å². The maximum Gasteiger partial charge on any atom is 0.437 e. The lowest BCUT2D eigenvalue weighted by Gasteiger charge is -2.14. The Morgan fingerprint density at radius 3 is 2.03 bits per heavy atom. The third kappa shape index (κ3) is 5.38. The zero-order valence-corrected chi connectivity index (χ0v) is 17.8. The van der Waals surface area contributed by atoms with Crippen LogP contribution in [0, 0.1) is 20.8 Å². The van der Waals surface area contributed by atoms with Crippen molar-refractivity contribution in [3.63, 3.8) is 0 Å². The normalized spacial score (nSPS) is 14.0. The average molecular weight is 427 g/mol. The molecule has 2 aromatic carbocycles. The van der Waals surface area contributed by atoms with E-state index in [-0.39, 0.29) is 16.4 Å². The number of aryl methyl sites for hydroxylation is 3. The molecule has 0 aliphatic rings. The summed E-state index contributed by atoms with van der Waals surface area (Å²) in [5, 5.41) is 3.02. The molecule has 0 heterocycles. The standard InChI is InChI=1S/C21H24F3NO3S/c1-6-14(3)17-7-9-18(10-8-17)20(21(22,23)24)25-28-29(26,27)19-15(4)11-13(2)12-16(19)5/h7-12,14H,6H2,1-5H3/b25-20+. The maximum absolute atomic E-state index is 13.5. The molecule has 0 aromatic heterocycles.